The highest BCUT2D eigenvalue weighted by Crippen LogP contribution is 2.36. The Morgan fingerprint density at radius 3 is 2.64 bits per heavy atom. The summed E-state index contributed by atoms with van der Waals surface area (Å²) in [5.41, 5.74) is 0.645. The summed E-state index contributed by atoms with van der Waals surface area (Å²) in [5.74, 6) is 0.299. The lowest BCUT2D eigenvalue weighted by Gasteiger charge is -2.11. The molecule has 0 aliphatic rings. The van der Waals surface area contributed by atoms with Crippen molar-refractivity contribution in [3.63, 3.8) is 0 Å². The number of halogens is 1. The van der Waals surface area contributed by atoms with Crippen LogP contribution in [0.5, 0.6) is 11.5 Å². The molecule has 0 unspecified atom stereocenters. The van der Waals surface area contributed by atoms with Gasteiger partial charge in [-0.25, -0.2) is 4.79 Å². The fraction of sp³-hybridized carbons (Fsp3) is 0.444. The van der Waals surface area contributed by atoms with E-state index in [0.717, 1.165) is 0 Å². The maximum atomic E-state index is 11.7. The molecule has 0 bridgehead atoms. The number of hydrogen-bond donors (Lipinski definition) is 1. The van der Waals surface area contributed by atoms with Crippen LogP contribution in [0.25, 0.3) is 6.08 Å². The van der Waals surface area contributed by atoms with E-state index in [0.29, 0.717) is 41.2 Å². The zero-order valence-corrected chi connectivity index (χ0v) is 15.7. The number of methoxy groups -OCH3 is 1. The van der Waals surface area contributed by atoms with Crippen LogP contribution in [-0.2, 0) is 14.3 Å². The average molecular weight is 370 g/mol. The van der Waals surface area contributed by atoms with Crippen molar-refractivity contribution in [2.24, 2.45) is 5.92 Å². The van der Waals surface area contributed by atoms with Crippen molar-refractivity contribution in [3.8, 4) is 11.5 Å². The molecule has 1 N–H and O–H groups in total. The summed E-state index contributed by atoms with van der Waals surface area (Å²) in [4.78, 5) is 23.2. The van der Waals surface area contributed by atoms with Crippen molar-refractivity contribution < 1.29 is 23.8 Å². The molecule has 0 aliphatic heterocycles. The van der Waals surface area contributed by atoms with E-state index in [-0.39, 0.29) is 12.5 Å². The standard InChI is InChI=1S/C18H24ClNO5/c1-5-24-18-14(19)8-13(9-15(18)23-4)6-7-17(22)25-11-16(21)20-10-12(2)3/h6-9,12H,5,10-11H2,1-4H3,(H,20,21)/b7-6+. The Balaban J connectivity index is 2.64. The average Bonchev–Trinajstić information content (AvgIpc) is 2.58. The van der Waals surface area contributed by atoms with Crippen LogP contribution >= 0.6 is 11.6 Å². The van der Waals surface area contributed by atoms with Crippen LogP contribution in [0.3, 0.4) is 0 Å². The lowest BCUT2D eigenvalue weighted by molar-refractivity contribution is -0.143. The van der Waals surface area contributed by atoms with Gasteiger partial charge in [-0.15, -0.1) is 0 Å². The monoisotopic (exact) mass is 369 g/mol. The molecule has 0 aliphatic carbocycles. The second-order valence-corrected chi connectivity index (χ2v) is 6.01. The van der Waals surface area contributed by atoms with Gasteiger partial charge in [0.2, 0.25) is 0 Å². The number of carbonyl (C=O) groups excluding carboxylic acids is 2. The molecular weight excluding hydrogens is 346 g/mol. The zero-order valence-electron chi connectivity index (χ0n) is 14.9. The maximum Gasteiger partial charge on any atom is 0.331 e. The van der Waals surface area contributed by atoms with Crippen molar-refractivity contribution in [3.05, 3.63) is 28.8 Å². The lowest BCUT2D eigenvalue weighted by Crippen LogP contribution is -2.31. The number of nitrogens with one attached hydrogen (secondary N) is 1. The fourth-order valence-corrected chi connectivity index (χ4v) is 2.11. The van der Waals surface area contributed by atoms with Gasteiger partial charge in [-0.3, -0.25) is 4.79 Å². The van der Waals surface area contributed by atoms with Gasteiger partial charge in [0.25, 0.3) is 5.91 Å². The van der Waals surface area contributed by atoms with E-state index in [2.05, 4.69) is 5.32 Å². The van der Waals surface area contributed by atoms with E-state index in [9.17, 15) is 9.59 Å². The predicted octanol–water partition coefficient (Wildman–Crippen LogP) is 3.08. The summed E-state index contributed by atoms with van der Waals surface area (Å²) in [6.07, 6.45) is 2.75. The third-order valence-electron chi connectivity index (χ3n) is 3.01. The molecule has 1 aromatic carbocycles. The molecule has 0 atom stereocenters. The number of esters is 1. The van der Waals surface area contributed by atoms with E-state index in [1.54, 1.807) is 12.1 Å². The third-order valence-corrected chi connectivity index (χ3v) is 3.29. The second-order valence-electron chi connectivity index (χ2n) is 5.61. The highest BCUT2D eigenvalue weighted by atomic mass is 35.5. The van der Waals surface area contributed by atoms with Crippen LogP contribution < -0.4 is 14.8 Å². The van der Waals surface area contributed by atoms with Crippen LogP contribution in [0, 0.1) is 5.92 Å². The molecule has 0 saturated carbocycles. The van der Waals surface area contributed by atoms with Crippen molar-refractivity contribution in [1.29, 1.82) is 0 Å². The second kappa shape index (κ2) is 10.6. The number of rotatable bonds is 9. The molecule has 0 saturated heterocycles. The molecule has 0 radical (unpaired) electrons. The molecule has 25 heavy (non-hydrogen) atoms. The Hall–Kier alpha value is -2.21. The van der Waals surface area contributed by atoms with Crippen molar-refractivity contribution in [2.75, 3.05) is 26.9 Å². The Kier molecular flexibility index (Phi) is 8.84. The topological polar surface area (TPSA) is 73.9 Å². The van der Waals surface area contributed by atoms with Gasteiger partial charge in [-0.2, -0.15) is 0 Å². The van der Waals surface area contributed by atoms with Crippen LogP contribution in [0.15, 0.2) is 18.2 Å². The molecule has 0 aromatic heterocycles. The van der Waals surface area contributed by atoms with Gasteiger partial charge in [0.05, 0.1) is 18.7 Å². The number of benzene rings is 1. The molecule has 7 heteroatoms. The fourth-order valence-electron chi connectivity index (χ4n) is 1.84. The van der Waals surface area contributed by atoms with Crippen LogP contribution in [-0.4, -0.2) is 38.7 Å². The summed E-state index contributed by atoms with van der Waals surface area (Å²) in [5, 5.41) is 3.04. The minimum absolute atomic E-state index is 0.316. The zero-order chi connectivity index (χ0) is 18.8. The van der Waals surface area contributed by atoms with Crippen LogP contribution in [0.4, 0.5) is 0 Å². The van der Waals surface area contributed by atoms with E-state index in [4.69, 9.17) is 25.8 Å². The Labute approximate surface area is 153 Å². The van der Waals surface area contributed by atoms with Gasteiger partial charge in [-0.1, -0.05) is 25.4 Å². The smallest absolute Gasteiger partial charge is 0.331 e. The van der Waals surface area contributed by atoms with Gasteiger partial charge < -0.3 is 19.5 Å². The van der Waals surface area contributed by atoms with E-state index < -0.39 is 5.97 Å². The van der Waals surface area contributed by atoms with Crippen molar-refractivity contribution in [2.45, 2.75) is 20.8 Å². The highest BCUT2D eigenvalue weighted by Gasteiger charge is 2.11. The maximum absolute atomic E-state index is 11.7. The molecule has 0 fully saturated rings. The first-order chi connectivity index (χ1) is 11.9. The van der Waals surface area contributed by atoms with Crippen molar-refractivity contribution >= 4 is 29.6 Å². The number of carbonyl (C=O) groups is 2. The number of ether oxygens (including phenoxy) is 3. The quantitative estimate of drug-likeness (QED) is 0.535. The summed E-state index contributed by atoms with van der Waals surface area (Å²) in [7, 11) is 1.51. The Bertz CT molecular complexity index is 628. The van der Waals surface area contributed by atoms with Gasteiger partial charge >= 0.3 is 5.97 Å². The largest absolute Gasteiger partial charge is 0.493 e. The molecule has 1 aromatic rings. The summed E-state index contributed by atoms with van der Waals surface area (Å²) >= 11 is 6.16. The third kappa shape index (κ3) is 7.47. The normalized spacial score (nSPS) is 10.8. The predicted molar refractivity (Wildman–Crippen MR) is 97.0 cm³/mol. The van der Waals surface area contributed by atoms with E-state index in [1.165, 1.54) is 19.3 Å². The minimum Gasteiger partial charge on any atom is -0.493 e. The molecule has 6 nitrogen and oxygen atoms in total. The van der Waals surface area contributed by atoms with Gasteiger partial charge in [0.1, 0.15) is 0 Å². The van der Waals surface area contributed by atoms with Gasteiger partial charge in [-0.05, 0) is 36.6 Å². The Morgan fingerprint density at radius 1 is 1.32 bits per heavy atom. The lowest BCUT2D eigenvalue weighted by atomic mass is 10.2. The van der Waals surface area contributed by atoms with Crippen LogP contribution in [0.1, 0.15) is 26.3 Å². The highest BCUT2D eigenvalue weighted by molar-refractivity contribution is 6.32. The molecule has 0 spiro atoms. The minimum atomic E-state index is -0.622. The van der Waals surface area contributed by atoms with Gasteiger partial charge in [0, 0.05) is 12.6 Å². The first-order valence-corrected chi connectivity index (χ1v) is 8.37. The number of amides is 1. The molecule has 1 amide bonds. The summed E-state index contributed by atoms with van der Waals surface area (Å²) in [6, 6.07) is 3.34. The molecule has 138 valence electrons. The van der Waals surface area contributed by atoms with Gasteiger partial charge in [0.15, 0.2) is 18.1 Å². The number of hydrogen-bond acceptors (Lipinski definition) is 5. The summed E-state index contributed by atoms with van der Waals surface area (Å²) < 4.78 is 15.5. The SMILES string of the molecule is CCOc1c(Cl)cc(/C=C/C(=O)OCC(=O)NCC(C)C)cc1OC. The molecule has 0 heterocycles. The molecular formula is C18H24ClNO5. The van der Waals surface area contributed by atoms with Crippen molar-refractivity contribution in [1.82, 2.24) is 5.32 Å². The van der Waals surface area contributed by atoms with E-state index in [1.807, 2.05) is 20.8 Å². The van der Waals surface area contributed by atoms with E-state index >= 15 is 0 Å². The summed E-state index contributed by atoms with van der Waals surface area (Å²) in [6.45, 7) is 6.48. The Morgan fingerprint density at radius 2 is 2.04 bits per heavy atom. The van der Waals surface area contributed by atoms with Crippen LogP contribution in [0.2, 0.25) is 5.02 Å². The molecule has 1 rings (SSSR count). The first kappa shape index (κ1) is 20.8. The first-order valence-electron chi connectivity index (χ1n) is 7.99.